The van der Waals surface area contributed by atoms with Gasteiger partial charge in [-0.2, -0.15) is 0 Å². The highest BCUT2D eigenvalue weighted by Gasteiger charge is 2.12. The quantitative estimate of drug-likeness (QED) is 0.847. The molecule has 112 valence electrons. The van der Waals surface area contributed by atoms with Crippen LogP contribution in [-0.2, 0) is 6.54 Å². The van der Waals surface area contributed by atoms with Crippen molar-refractivity contribution in [1.82, 2.24) is 10.3 Å². The molecule has 2 rings (SSSR count). The molecule has 0 spiro atoms. The van der Waals surface area contributed by atoms with Crippen molar-refractivity contribution >= 4 is 0 Å². The minimum Gasteiger partial charge on any atom is -0.493 e. The van der Waals surface area contributed by atoms with Gasteiger partial charge in [0, 0.05) is 25.0 Å². The molecule has 1 aromatic carbocycles. The number of nitrogens with one attached hydrogen (secondary N) is 1. The van der Waals surface area contributed by atoms with Crippen LogP contribution < -0.4 is 14.8 Å². The molecule has 4 heteroatoms. The largest absolute Gasteiger partial charge is 0.493 e. The van der Waals surface area contributed by atoms with Crippen LogP contribution in [0, 0.1) is 0 Å². The fourth-order valence-corrected chi connectivity index (χ4v) is 2.31. The van der Waals surface area contributed by atoms with Crippen molar-refractivity contribution in [2.24, 2.45) is 0 Å². The average Bonchev–Trinajstić information content (AvgIpc) is 2.56. The summed E-state index contributed by atoms with van der Waals surface area (Å²) >= 11 is 0. The number of nitrogens with zero attached hydrogens (tertiary/aromatic N) is 1. The fourth-order valence-electron chi connectivity index (χ4n) is 2.31. The number of methoxy groups -OCH3 is 2. The monoisotopic (exact) mass is 286 g/mol. The molecule has 1 unspecified atom stereocenters. The Labute approximate surface area is 126 Å². The number of hydrogen-bond donors (Lipinski definition) is 1. The normalized spacial score (nSPS) is 12.0. The van der Waals surface area contributed by atoms with E-state index in [1.807, 2.05) is 24.4 Å². The highest BCUT2D eigenvalue weighted by atomic mass is 16.5. The Balaban J connectivity index is 2.10. The molecule has 1 N–H and O–H groups in total. The Morgan fingerprint density at radius 3 is 2.57 bits per heavy atom. The third-order valence-corrected chi connectivity index (χ3v) is 3.49. The van der Waals surface area contributed by atoms with Crippen LogP contribution in [0.1, 0.15) is 30.5 Å². The molecule has 0 amide bonds. The predicted octanol–water partition coefficient (Wildman–Crippen LogP) is 3.34. The lowest BCUT2D eigenvalue weighted by atomic mass is 10.0. The molecule has 1 atom stereocenters. The third-order valence-electron chi connectivity index (χ3n) is 3.49. The topological polar surface area (TPSA) is 43.4 Å². The van der Waals surface area contributed by atoms with Crippen LogP contribution in [0.3, 0.4) is 0 Å². The zero-order valence-corrected chi connectivity index (χ0v) is 12.8. The summed E-state index contributed by atoms with van der Waals surface area (Å²) in [5, 5.41) is 3.55. The number of benzene rings is 1. The van der Waals surface area contributed by atoms with Gasteiger partial charge in [-0.3, -0.25) is 4.98 Å². The molecule has 0 aliphatic carbocycles. The molecular formula is C17H22N2O2. The van der Waals surface area contributed by atoms with E-state index in [4.69, 9.17) is 9.47 Å². The van der Waals surface area contributed by atoms with Gasteiger partial charge in [-0.05, 0) is 35.7 Å². The maximum Gasteiger partial charge on any atom is 0.161 e. The van der Waals surface area contributed by atoms with Gasteiger partial charge in [0.25, 0.3) is 0 Å². The van der Waals surface area contributed by atoms with Gasteiger partial charge in [0.2, 0.25) is 0 Å². The first-order chi connectivity index (χ1) is 10.3. The van der Waals surface area contributed by atoms with E-state index in [9.17, 15) is 0 Å². The first kappa shape index (κ1) is 15.3. The highest BCUT2D eigenvalue weighted by molar-refractivity contribution is 5.43. The van der Waals surface area contributed by atoms with Crippen LogP contribution in [0.2, 0.25) is 0 Å². The second kappa shape index (κ2) is 7.64. The van der Waals surface area contributed by atoms with E-state index >= 15 is 0 Å². The van der Waals surface area contributed by atoms with Crippen LogP contribution >= 0.6 is 0 Å². The molecule has 0 fully saturated rings. The highest BCUT2D eigenvalue weighted by Crippen LogP contribution is 2.30. The van der Waals surface area contributed by atoms with Crippen LogP contribution in [0.25, 0.3) is 0 Å². The fraction of sp³-hybridized carbons (Fsp3) is 0.353. The zero-order valence-electron chi connectivity index (χ0n) is 12.8. The lowest BCUT2D eigenvalue weighted by Gasteiger charge is -2.19. The van der Waals surface area contributed by atoms with Gasteiger partial charge in [0.1, 0.15) is 0 Å². The lowest BCUT2D eigenvalue weighted by Crippen LogP contribution is -2.20. The molecule has 21 heavy (non-hydrogen) atoms. The van der Waals surface area contributed by atoms with E-state index in [-0.39, 0.29) is 6.04 Å². The molecule has 0 bridgehead atoms. The Bertz CT molecular complexity index is 558. The average molecular weight is 286 g/mol. The number of pyridine rings is 1. The second-order valence-electron chi connectivity index (χ2n) is 4.82. The van der Waals surface area contributed by atoms with Gasteiger partial charge in [-0.15, -0.1) is 0 Å². The molecule has 2 aromatic rings. The maximum absolute atomic E-state index is 5.37. The van der Waals surface area contributed by atoms with E-state index in [1.165, 1.54) is 11.1 Å². The smallest absolute Gasteiger partial charge is 0.161 e. The Kier molecular flexibility index (Phi) is 5.58. The van der Waals surface area contributed by atoms with E-state index in [0.29, 0.717) is 0 Å². The zero-order chi connectivity index (χ0) is 15.1. The number of aromatic nitrogens is 1. The molecular weight excluding hydrogens is 264 g/mol. The second-order valence-corrected chi connectivity index (χ2v) is 4.82. The number of ether oxygens (including phenoxy) is 2. The molecule has 0 saturated heterocycles. The van der Waals surface area contributed by atoms with Crippen LogP contribution in [0.5, 0.6) is 11.5 Å². The van der Waals surface area contributed by atoms with E-state index in [0.717, 1.165) is 24.5 Å². The van der Waals surface area contributed by atoms with Crippen molar-refractivity contribution in [3.8, 4) is 11.5 Å². The molecule has 0 saturated carbocycles. The predicted molar refractivity (Wildman–Crippen MR) is 83.7 cm³/mol. The van der Waals surface area contributed by atoms with Gasteiger partial charge in [-0.25, -0.2) is 0 Å². The van der Waals surface area contributed by atoms with Crippen molar-refractivity contribution in [2.45, 2.75) is 25.9 Å². The van der Waals surface area contributed by atoms with Crippen molar-refractivity contribution in [3.05, 3.63) is 53.9 Å². The van der Waals surface area contributed by atoms with E-state index in [2.05, 4.69) is 29.4 Å². The summed E-state index contributed by atoms with van der Waals surface area (Å²) in [7, 11) is 3.31. The third kappa shape index (κ3) is 3.95. The molecule has 4 nitrogen and oxygen atoms in total. The SMILES string of the molecule is CCC(NCc1cccnc1)c1ccc(OC)c(OC)c1. The van der Waals surface area contributed by atoms with Gasteiger partial charge in [-0.1, -0.05) is 19.1 Å². The van der Waals surface area contributed by atoms with Crippen molar-refractivity contribution in [3.63, 3.8) is 0 Å². The first-order valence-corrected chi connectivity index (χ1v) is 7.12. The number of hydrogen-bond acceptors (Lipinski definition) is 4. The molecule has 1 aromatic heterocycles. The molecule has 0 radical (unpaired) electrons. The van der Waals surface area contributed by atoms with E-state index in [1.54, 1.807) is 20.4 Å². The lowest BCUT2D eigenvalue weighted by molar-refractivity contribution is 0.353. The molecule has 0 aliphatic rings. The summed E-state index contributed by atoms with van der Waals surface area (Å²) in [5.41, 5.74) is 2.37. The van der Waals surface area contributed by atoms with Crippen LogP contribution in [0.15, 0.2) is 42.7 Å². The first-order valence-electron chi connectivity index (χ1n) is 7.12. The molecule has 1 heterocycles. The van der Waals surface area contributed by atoms with Crippen LogP contribution in [-0.4, -0.2) is 19.2 Å². The summed E-state index contributed by atoms with van der Waals surface area (Å²) in [6, 6.07) is 10.3. The van der Waals surface area contributed by atoms with Gasteiger partial charge in [0.05, 0.1) is 14.2 Å². The van der Waals surface area contributed by atoms with Crippen molar-refractivity contribution in [1.29, 1.82) is 0 Å². The summed E-state index contributed by atoms with van der Waals surface area (Å²) < 4.78 is 10.7. The van der Waals surface area contributed by atoms with Gasteiger partial charge < -0.3 is 14.8 Å². The Morgan fingerprint density at radius 2 is 1.95 bits per heavy atom. The van der Waals surface area contributed by atoms with Crippen LogP contribution in [0.4, 0.5) is 0 Å². The standard InChI is InChI=1S/C17H22N2O2/c1-4-15(19-12-13-6-5-9-18-11-13)14-7-8-16(20-2)17(10-14)21-3/h5-11,15,19H,4,12H2,1-3H3. The number of rotatable bonds is 7. The summed E-state index contributed by atoms with van der Waals surface area (Å²) in [5.74, 6) is 1.51. The minimum absolute atomic E-state index is 0.269. The minimum atomic E-state index is 0.269. The van der Waals surface area contributed by atoms with E-state index < -0.39 is 0 Å². The summed E-state index contributed by atoms with van der Waals surface area (Å²) in [6.45, 7) is 2.96. The summed E-state index contributed by atoms with van der Waals surface area (Å²) in [4.78, 5) is 4.13. The van der Waals surface area contributed by atoms with Gasteiger partial charge in [0.15, 0.2) is 11.5 Å². The Hall–Kier alpha value is -2.07. The van der Waals surface area contributed by atoms with Crippen molar-refractivity contribution < 1.29 is 9.47 Å². The van der Waals surface area contributed by atoms with Crippen molar-refractivity contribution in [2.75, 3.05) is 14.2 Å². The molecule has 0 aliphatic heterocycles. The maximum atomic E-state index is 5.37. The Morgan fingerprint density at radius 1 is 1.14 bits per heavy atom. The van der Waals surface area contributed by atoms with Gasteiger partial charge >= 0.3 is 0 Å². The summed E-state index contributed by atoms with van der Waals surface area (Å²) in [6.07, 6.45) is 4.67.